The molecule has 2 atom stereocenters. The van der Waals surface area contributed by atoms with Crippen LogP contribution in [0.3, 0.4) is 0 Å². The molecule has 0 fully saturated rings. The van der Waals surface area contributed by atoms with Crippen molar-refractivity contribution in [3.8, 4) is 0 Å². The summed E-state index contributed by atoms with van der Waals surface area (Å²) < 4.78 is 13.7. The van der Waals surface area contributed by atoms with Crippen molar-refractivity contribution in [2.45, 2.75) is 32.0 Å². The van der Waals surface area contributed by atoms with Gasteiger partial charge in [0.25, 0.3) is 6.47 Å². The second-order valence-corrected chi connectivity index (χ2v) is 4.93. The number of carbonyl (C=O) groups is 2. The third-order valence-electron chi connectivity index (χ3n) is 3.04. The van der Waals surface area contributed by atoms with E-state index in [0.29, 0.717) is 17.7 Å². The molecule has 1 aromatic rings. The summed E-state index contributed by atoms with van der Waals surface area (Å²) in [6, 6.07) is 6.24. The van der Waals surface area contributed by atoms with Gasteiger partial charge in [0.15, 0.2) is 0 Å². The highest BCUT2D eigenvalue weighted by molar-refractivity contribution is 5.89. The van der Waals surface area contributed by atoms with Gasteiger partial charge in [-0.15, -0.1) is 0 Å². The first-order chi connectivity index (χ1) is 11.5. The number of hydrogen-bond donors (Lipinski definition) is 2. The van der Waals surface area contributed by atoms with Crippen LogP contribution in [0.15, 0.2) is 24.3 Å². The number of esters is 1. The standard InChI is InChI=1S/C15H20O6.C2H6O/c1-2-3-8-20-14(18)12-6-4-11(5-7-12)13(9-16)15(19)21-10-17;1-3-2/h4-7,10,13,15-16,19H,2-3,8-9H2,1H3;1-2H3. The van der Waals surface area contributed by atoms with Gasteiger partial charge in [-0.1, -0.05) is 25.5 Å². The van der Waals surface area contributed by atoms with Gasteiger partial charge in [-0.25, -0.2) is 4.79 Å². The van der Waals surface area contributed by atoms with E-state index in [2.05, 4.69) is 9.47 Å². The summed E-state index contributed by atoms with van der Waals surface area (Å²) in [7, 11) is 3.25. The van der Waals surface area contributed by atoms with Crippen LogP contribution in [0.2, 0.25) is 0 Å². The molecule has 2 N–H and O–H groups in total. The predicted octanol–water partition coefficient (Wildman–Crippen LogP) is 1.47. The van der Waals surface area contributed by atoms with Gasteiger partial charge < -0.3 is 24.4 Å². The van der Waals surface area contributed by atoms with E-state index in [1.54, 1.807) is 38.5 Å². The van der Waals surface area contributed by atoms with Crippen molar-refractivity contribution in [2.75, 3.05) is 27.4 Å². The number of aliphatic hydroxyl groups excluding tert-OH is 2. The van der Waals surface area contributed by atoms with Crippen molar-refractivity contribution in [3.05, 3.63) is 35.4 Å². The lowest BCUT2D eigenvalue weighted by Gasteiger charge is -2.19. The maximum Gasteiger partial charge on any atom is 0.338 e. The molecule has 136 valence electrons. The lowest BCUT2D eigenvalue weighted by atomic mass is 9.98. The third kappa shape index (κ3) is 8.05. The highest BCUT2D eigenvalue weighted by Gasteiger charge is 2.22. The first-order valence-electron chi connectivity index (χ1n) is 7.60. The highest BCUT2D eigenvalue weighted by atomic mass is 16.6. The molecule has 7 heteroatoms. The largest absolute Gasteiger partial charge is 0.462 e. The Balaban J connectivity index is 0.00000163. The average Bonchev–Trinajstić information content (AvgIpc) is 2.57. The van der Waals surface area contributed by atoms with E-state index in [4.69, 9.17) is 4.74 Å². The van der Waals surface area contributed by atoms with E-state index >= 15 is 0 Å². The molecule has 0 aliphatic carbocycles. The molecular formula is C17H26O7. The molecule has 0 spiro atoms. The monoisotopic (exact) mass is 342 g/mol. The van der Waals surface area contributed by atoms with Crippen LogP contribution in [0.5, 0.6) is 0 Å². The van der Waals surface area contributed by atoms with E-state index in [-0.39, 0.29) is 6.47 Å². The lowest BCUT2D eigenvalue weighted by molar-refractivity contribution is -0.157. The second kappa shape index (κ2) is 13.5. The van der Waals surface area contributed by atoms with Gasteiger partial charge in [0.05, 0.1) is 24.7 Å². The zero-order valence-corrected chi connectivity index (χ0v) is 14.3. The number of methoxy groups -OCH3 is 1. The summed E-state index contributed by atoms with van der Waals surface area (Å²) in [4.78, 5) is 21.9. The summed E-state index contributed by atoms with van der Waals surface area (Å²) in [5, 5.41) is 18.8. The van der Waals surface area contributed by atoms with Gasteiger partial charge in [-0.05, 0) is 24.1 Å². The molecule has 0 saturated heterocycles. The number of hydrogen-bond acceptors (Lipinski definition) is 7. The van der Waals surface area contributed by atoms with Gasteiger partial charge in [0.2, 0.25) is 6.29 Å². The molecule has 0 aliphatic rings. The molecule has 24 heavy (non-hydrogen) atoms. The summed E-state index contributed by atoms with van der Waals surface area (Å²) in [5.41, 5.74) is 0.939. The van der Waals surface area contributed by atoms with Gasteiger partial charge in [0, 0.05) is 14.2 Å². The Morgan fingerprint density at radius 2 is 1.83 bits per heavy atom. The van der Waals surface area contributed by atoms with Crippen molar-refractivity contribution < 1.29 is 34.0 Å². The van der Waals surface area contributed by atoms with E-state index in [0.717, 1.165) is 12.8 Å². The summed E-state index contributed by atoms with van der Waals surface area (Å²) in [6.07, 6.45) is 0.319. The van der Waals surface area contributed by atoms with Crippen LogP contribution >= 0.6 is 0 Å². The molecule has 7 nitrogen and oxygen atoms in total. The molecule has 0 heterocycles. The topological polar surface area (TPSA) is 102 Å². The maximum absolute atomic E-state index is 11.7. The normalized spacial score (nSPS) is 12.4. The van der Waals surface area contributed by atoms with E-state index in [1.807, 2.05) is 6.92 Å². The maximum atomic E-state index is 11.7. The van der Waals surface area contributed by atoms with Gasteiger partial charge in [-0.2, -0.15) is 0 Å². The molecular weight excluding hydrogens is 316 g/mol. The van der Waals surface area contributed by atoms with Crippen molar-refractivity contribution >= 4 is 12.4 Å². The van der Waals surface area contributed by atoms with Crippen LogP contribution in [0.1, 0.15) is 41.6 Å². The van der Waals surface area contributed by atoms with Crippen molar-refractivity contribution in [3.63, 3.8) is 0 Å². The Morgan fingerprint density at radius 3 is 2.29 bits per heavy atom. The van der Waals surface area contributed by atoms with E-state index < -0.39 is 24.8 Å². The predicted molar refractivity (Wildman–Crippen MR) is 87.5 cm³/mol. The van der Waals surface area contributed by atoms with Crippen LogP contribution in [-0.4, -0.2) is 56.4 Å². The molecule has 0 amide bonds. The van der Waals surface area contributed by atoms with Crippen LogP contribution in [0.4, 0.5) is 0 Å². The fourth-order valence-electron chi connectivity index (χ4n) is 1.77. The van der Waals surface area contributed by atoms with Crippen molar-refractivity contribution in [1.82, 2.24) is 0 Å². The fraction of sp³-hybridized carbons (Fsp3) is 0.529. The number of unbranched alkanes of at least 4 members (excludes halogenated alkanes) is 1. The van der Waals surface area contributed by atoms with Crippen molar-refractivity contribution in [1.29, 1.82) is 0 Å². The highest BCUT2D eigenvalue weighted by Crippen LogP contribution is 2.20. The number of carbonyl (C=O) groups excluding carboxylic acids is 2. The van der Waals surface area contributed by atoms with Gasteiger partial charge in [-0.3, -0.25) is 4.79 Å². The summed E-state index contributed by atoms with van der Waals surface area (Å²) in [6.45, 7) is 2.11. The number of benzene rings is 1. The Morgan fingerprint density at radius 1 is 1.25 bits per heavy atom. The minimum atomic E-state index is -1.44. The smallest absolute Gasteiger partial charge is 0.338 e. The zero-order valence-electron chi connectivity index (χ0n) is 14.3. The minimum Gasteiger partial charge on any atom is -0.462 e. The van der Waals surface area contributed by atoms with Crippen LogP contribution in [0, 0.1) is 0 Å². The quantitative estimate of drug-likeness (QED) is 0.303. The first-order valence-corrected chi connectivity index (χ1v) is 7.60. The van der Waals surface area contributed by atoms with Crippen LogP contribution in [0.25, 0.3) is 0 Å². The number of aliphatic hydroxyl groups is 2. The lowest BCUT2D eigenvalue weighted by Crippen LogP contribution is -2.24. The SMILES string of the molecule is CCCCOC(=O)c1ccc(C(CO)C(O)OC=O)cc1.COC. The van der Waals surface area contributed by atoms with Crippen LogP contribution < -0.4 is 0 Å². The zero-order chi connectivity index (χ0) is 18.4. The Hall–Kier alpha value is -1.96. The van der Waals surface area contributed by atoms with Crippen molar-refractivity contribution in [2.24, 2.45) is 0 Å². The molecule has 0 saturated carbocycles. The minimum absolute atomic E-state index is 0.118. The first kappa shape index (κ1) is 22.0. The molecule has 0 radical (unpaired) electrons. The van der Waals surface area contributed by atoms with E-state index in [9.17, 15) is 19.8 Å². The Kier molecular flexibility index (Phi) is 12.4. The second-order valence-electron chi connectivity index (χ2n) is 4.93. The Labute approximate surface area is 142 Å². The summed E-state index contributed by atoms with van der Waals surface area (Å²) in [5.74, 6) is -1.18. The molecule has 1 rings (SSSR count). The Bertz CT molecular complexity index is 459. The molecule has 0 aromatic heterocycles. The van der Waals surface area contributed by atoms with Gasteiger partial charge >= 0.3 is 5.97 Å². The average molecular weight is 342 g/mol. The van der Waals surface area contributed by atoms with Crippen LogP contribution in [-0.2, 0) is 19.0 Å². The van der Waals surface area contributed by atoms with Gasteiger partial charge in [0.1, 0.15) is 0 Å². The third-order valence-corrected chi connectivity index (χ3v) is 3.04. The number of rotatable bonds is 9. The molecule has 0 bridgehead atoms. The fourth-order valence-corrected chi connectivity index (χ4v) is 1.77. The number of ether oxygens (including phenoxy) is 3. The summed E-state index contributed by atoms with van der Waals surface area (Å²) >= 11 is 0. The molecule has 0 aliphatic heterocycles. The molecule has 1 aromatic carbocycles. The molecule has 2 unspecified atom stereocenters. The van der Waals surface area contributed by atoms with E-state index in [1.165, 1.54) is 0 Å².